The molecule has 0 amide bonds. The number of hydrogen-bond donors (Lipinski definition) is 1. The van der Waals surface area contributed by atoms with Gasteiger partial charge in [0.25, 0.3) is 0 Å². The van der Waals surface area contributed by atoms with Crippen molar-refractivity contribution in [3.8, 4) is 0 Å². The first kappa shape index (κ1) is 12.1. The van der Waals surface area contributed by atoms with Crippen molar-refractivity contribution in [2.75, 3.05) is 20.8 Å². The van der Waals surface area contributed by atoms with Crippen molar-refractivity contribution in [2.24, 2.45) is 17.6 Å². The lowest BCUT2D eigenvalue weighted by Crippen LogP contribution is -2.18. The molecule has 3 nitrogen and oxygen atoms in total. The molecule has 2 atom stereocenters. The maximum absolute atomic E-state index is 5.72. The number of rotatable bonds is 3. The lowest BCUT2D eigenvalue weighted by molar-refractivity contribution is 0.212. The van der Waals surface area contributed by atoms with Gasteiger partial charge in [-0.15, -0.1) is 0 Å². The standard InChI is InChI=1S/C12H21NO2/c1-9-6-10(8-13)4-5-11(14-2)12(7-9)15-3/h5,7,9-10H,4,6,8,13H2,1-3H3. The number of allylic oxidation sites excluding steroid dienone is 2. The van der Waals surface area contributed by atoms with Crippen LogP contribution in [0.2, 0.25) is 0 Å². The summed E-state index contributed by atoms with van der Waals surface area (Å²) in [6.07, 6.45) is 6.25. The van der Waals surface area contributed by atoms with Gasteiger partial charge < -0.3 is 15.2 Å². The molecule has 2 unspecified atom stereocenters. The van der Waals surface area contributed by atoms with Gasteiger partial charge in [-0.3, -0.25) is 0 Å². The zero-order valence-electron chi connectivity index (χ0n) is 9.82. The van der Waals surface area contributed by atoms with Crippen molar-refractivity contribution >= 4 is 0 Å². The van der Waals surface area contributed by atoms with Crippen LogP contribution in [0.15, 0.2) is 23.7 Å². The van der Waals surface area contributed by atoms with E-state index in [0.29, 0.717) is 11.8 Å². The molecule has 0 aromatic heterocycles. The van der Waals surface area contributed by atoms with Gasteiger partial charge in [-0.1, -0.05) is 6.92 Å². The lowest BCUT2D eigenvalue weighted by Gasteiger charge is -2.21. The second-order valence-electron chi connectivity index (χ2n) is 4.06. The fourth-order valence-corrected chi connectivity index (χ4v) is 1.95. The minimum Gasteiger partial charge on any atom is -0.493 e. The molecular weight excluding hydrogens is 190 g/mol. The lowest BCUT2D eigenvalue weighted by atomic mass is 9.90. The summed E-state index contributed by atoms with van der Waals surface area (Å²) in [7, 11) is 3.34. The number of methoxy groups -OCH3 is 2. The second-order valence-corrected chi connectivity index (χ2v) is 4.06. The fourth-order valence-electron chi connectivity index (χ4n) is 1.95. The van der Waals surface area contributed by atoms with Gasteiger partial charge in [0.2, 0.25) is 0 Å². The summed E-state index contributed by atoms with van der Waals surface area (Å²) >= 11 is 0. The predicted octanol–water partition coefficient (Wildman–Crippen LogP) is 2.05. The summed E-state index contributed by atoms with van der Waals surface area (Å²) in [6.45, 7) is 2.91. The van der Waals surface area contributed by atoms with E-state index in [1.807, 2.05) is 0 Å². The van der Waals surface area contributed by atoms with E-state index in [-0.39, 0.29) is 0 Å². The minimum atomic E-state index is 0.479. The third kappa shape index (κ3) is 3.27. The van der Waals surface area contributed by atoms with Gasteiger partial charge in [-0.25, -0.2) is 0 Å². The van der Waals surface area contributed by atoms with Crippen molar-refractivity contribution < 1.29 is 9.47 Å². The van der Waals surface area contributed by atoms with Crippen LogP contribution in [0.4, 0.5) is 0 Å². The molecule has 0 spiro atoms. The molecule has 0 aromatic rings. The Morgan fingerprint density at radius 2 is 2.00 bits per heavy atom. The Balaban J connectivity index is 2.86. The van der Waals surface area contributed by atoms with Crippen molar-refractivity contribution in [3.63, 3.8) is 0 Å². The molecule has 0 heterocycles. The number of nitrogens with two attached hydrogens (primary N) is 1. The van der Waals surface area contributed by atoms with Crippen LogP contribution in [0.1, 0.15) is 19.8 Å². The molecule has 0 aliphatic heterocycles. The Morgan fingerprint density at radius 3 is 2.53 bits per heavy atom. The Morgan fingerprint density at radius 1 is 1.33 bits per heavy atom. The summed E-state index contributed by atoms with van der Waals surface area (Å²) in [6, 6.07) is 0. The largest absolute Gasteiger partial charge is 0.493 e. The summed E-state index contributed by atoms with van der Waals surface area (Å²) in [5.74, 6) is 2.68. The highest BCUT2D eigenvalue weighted by atomic mass is 16.5. The Bertz CT molecular complexity index is 258. The van der Waals surface area contributed by atoms with E-state index < -0.39 is 0 Å². The highest BCUT2D eigenvalue weighted by Crippen LogP contribution is 2.25. The highest BCUT2D eigenvalue weighted by molar-refractivity contribution is 5.22. The molecule has 3 heteroatoms. The molecule has 0 saturated heterocycles. The quantitative estimate of drug-likeness (QED) is 0.777. The van der Waals surface area contributed by atoms with Crippen LogP contribution < -0.4 is 5.73 Å². The van der Waals surface area contributed by atoms with E-state index in [2.05, 4.69) is 19.1 Å². The molecule has 86 valence electrons. The van der Waals surface area contributed by atoms with E-state index in [4.69, 9.17) is 15.2 Å². The van der Waals surface area contributed by atoms with Gasteiger partial charge >= 0.3 is 0 Å². The first-order valence-corrected chi connectivity index (χ1v) is 5.41. The molecule has 0 fully saturated rings. The summed E-state index contributed by atoms with van der Waals surface area (Å²) in [4.78, 5) is 0. The van der Waals surface area contributed by atoms with E-state index >= 15 is 0 Å². The van der Waals surface area contributed by atoms with Crippen LogP contribution in [0.25, 0.3) is 0 Å². The summed E-state index contributed by atoms with van der Waals surface area (Å²) < 4.78 is 10.6. The van der Waals surface area contributed by atoms with Gasteiger partial charge in [0.1, 0.15) is 0 Å². The Labute approximate surface area is 91.9 Å². The molecular formula is C12H21NO2. The average molecular weight is 211 g/mol. The SMILES string of the molecule is COC1=CCC(CN)CC(C)C=C1OC. The van der Waals surface area contributed by atoms with Crippen molar-refractivity contribution in [2.45, 2.75) is 19.8 Å². The van der Waals surface area contributed by atoms with Gasteiger partial charge in [0.05, 0.1) is 14.2 Å². The van der Waals surface area contributed by atoms with Crippen molar-refractivity contribution in [1.29, 1.82) is 0 Å². The van der Waals surface area contributed by atoms with E-state index in [1.54, 1.807) is 14.2 Å². The highest BCUT2D eigenvalue weighted by Gasteiger charge is 2.16. The summed E-state index contributed by atoms with van der Waals surface area (Å²) in [5.41, 5.74) is 5.72. The molecule has 1 rings (SSSR count). The molecule has 0 bridgehead atoms. The van der Waals surface area contributed by atoms with Crippen LogP contribution in [-0.2, 0) is 9.47 Å². The van der Waals surface area contributed by atoms with Gasteiger partial charge in [0.15, 0.2) is 11.5 Å². The minimum absolute atomic E-state index is 0.479. The zero-order chi connectivity index (χ0) is 11.3. The third-order valence-electron chi connectivity index (χ3n) is 2.79. The molecule has 0 aromatic carbocycles. The second kappa shape index (κ2) is 5.81. The van der Waals surface area contributed by atoms with E-state index in [1.165, 1.54) is 0 Å². The first-order chi connectivity index (χ1) is 7.21. The van der Waals surface area contributed by atoms with Crippen LogP contribution in [-0.4, -0.2) is 20.8 Å². The topological polar surface area (TPSA) is 44.5 Å². The van der Waals surface area contributed by atoms with E-state index in [9.17, 15) is 0 Å². The molecule has 1 aliphatic rings. The smallest absolute Gasteiger partial charge is 0.156 e. The Kier molecular flexibility index (Phi) is 4.69. The number of hydrogen-bond acceptors (Lipinski definition) is 3. The van der Waals surface area contributed by atoms with Crippen LogP contribution >= 0.6 is 0 Å². The van der Waals surface area contributed by atoms with Gasteiger partial charge in [-0.05, 0) is 43.4 Å². The Hall–Kier alpha value is -0.960. The molecule has 1 aliphatic carbocycles. The molecule has 15 heavy (non-hydrogen) atoms. The third-order valence-corrected chi connectivity index (χ3v) is 2.79. The molecule has 0 saturated carbocycles. The van der Waals surface area contributed by atoms with Crippen molar-refractivity contribution in [1.82, 2.24) is 0 Å². The first-order valence-electron chi connectivity index (χ1n) is 5.41. The van der Waals surface area contributed by atoms with Crippen molar-refractivity contribution in [3.05, 3.63) is 23.7 Å². The van der Waals surface area contributed by atoms with Crippen LogP contribution in [0.5, 0.6) is 0 Å². The van der Waals surface area contributed by atoms with Gasteiger partial charge in [-0.2, -0.15) is 0 Å². The fraction of sp³-hybridized carbons (Fsp3) is 0.667. The summed E-state index contributed by atoms with van der Waals surface area (Å²) in [5, 5.41) is 0. The van der Waals surface area contributed by atoms with Gasteiger partial charge in [0, 0.05) is 0 Å². The van der Waals surface area contributed by atoms with E-state index in [0.717, 1.165) is 30.9 Å². The predicted molar refractivity (Wildman–Crippen MR) is 61.1 cm³/mol. The number of ether oxygens (including phenoxy) is 2. The average Bonchev–Trinajstić information content (AvgIpc) is 2.23. The molecule has 0 radical (unpaired) electrons. The monoisotopic (exact) mass is 211 g/mol. The van der Waals surface area contributed by atoms with Crippen LogP contribution in [0, 0.1) is 11.8 Å². The van der Waals surface area contributed by atoms with Crippen LogP contribution in [0.3, 0.4) is 0 Å². The maximum Gasteiger partial charge on any atom is 0.156 e. The normalized spacial score (nSPS) is 27.2. The zero-order valence-corrected chi connectivity index (χ0v) is 9.82. The maximum atomic E-state index is 5.72. The molecule has 2 N–H and O–H groups in total.